The molecule has 2 aliphatic rings. The quantitative estimate of drug-likeness (QED) is 0.843. The fourth-order valence-corrected chi connectivity index (χ4v) is 3.75. The van der Waals surface area contributed by atoms with Gasteiger partial charge in [0.1, 0.15) is 0 Å². The van der Waals surface area contributed by atoms with Crippen LogP contribution in [0.1, 0.15) is 36.8 Å². The van der Waals surface area contributed by atoms with Crippen molar-refractivity contribution in [1.82, 2.24) is 0 Å². The van der Waals surface area contributed by atoms with Gasteiger partial charge in [-0.25, -0.2) is 0 Å². The molecular formula is C16H21NO. The largest absolute Gasteiger partial charge is 0.326 e. The third kappa shape index (κ3) is 2.05. The Labute approximate surface area is 109 Å². The summed E-state index contributed by atoms with van der Waals surface area (Å²) in [6.45, 7) is 4.14. The highest BCUT2D eigenvalue weighted by atomic mass is 16.1. The predicted molar refractivity (Wildman–Crippen MR) is 73.5 cm³/mol. The molecule has 0 aromatic heterocycles. The minimum Gasteiger partial charge on any atom is -0.326 e. The monoisotopic (exact) mass is 243 g/mol. The van der Waals surface area contributed by atoms with E-state index >= 15 is 0 Å². The van der Waals surface area contributed by atoms with Crippen molar-refractivity contribution >= 4 is 11.6 Å². The van der Waals surface area contributed by atoms with E-state index in [4.69, 9.17) is 0 Å². The first-order valence-corrected chi connectivity index (χ1v) is 7.01. The normalized spacial score (nSPS) is 29.6. The summed E-state index contributed by atoms with van der Waals surface area (Å²) >= 11 is 0. The van der Waals surface area contributed by atoms with Crippen molar-refractivity contribution < 1.29 is 4.79 Å². The second-order valence-electron chi connectivity index (χ2n) is 6.09. The van der Waals surface area contributed by atoms with Crippen molar-refractivity contribution in [2.24, 2.45) is 17.8 Å². The number of carbonyl (C=O) groups is 1. The van der Waals surface area contributed by atoms with E-state index < -0.39 is 0 Å². The smallest absolute Gasteiger partial charge is 0.227 e. The van der Waals surface area contributed by atoms with Gasteiger partial charge in [-0.15, -0.1) is 0 Å². The van der Waals surface area contributed by atoms with Gasteiger partial charge in [-0.2, -0.15) is 0 Å². The Morgan fingerprint density at radius 3 is 2.67 bits per heavy atom. The van der Waals surface area contributed by atoms with Crippen LogP contribution in [-0.2, 0) is 4.79 Å². The van der Waals surface area contributed by atoms with Crippen LogP contribution in [0, 0.1) is 31.6 Å². The molecule has 3 rings (SSSR count). The van der Waals surface area contributed by atoms with Crippen molar-refractivity contribution in [3.63, 3.8) is 0 Å². The number of anilines is 1. The van der Waals surface area contributed by atoms with Crippen LogP contribution in [0.5, 0.6) is 0 Å². The van der Waals surface area contributed by atoms with E-state index in [0.717, 1.165) is 23.6 Å². The Hall–Kier alpha value is -1.31. The minimum absolute atomic E-state index is 0.245. The summed E-state index contributed by atoms with van der Waals surface area (Å²) in [7, 11) is 0. The molecule has 2 nitrogen and oxygen atoms in total. The number of fused-ring (bicyclic) bond motifs is 2. The first-order chi connectivity index (χ1) is 8.63. The van der Waals surface area contributed by atoms with Crippen LogP contribution in [-0.4, -0.2) is 5.91 Å². The summed E-state index contributed by atoms with van der Waals surface area (Å²) in [5.41, 5.74) is 3.38. The van der Waals surface area contributed by atoms with Crippen LogP contribution in [0.4, 0.5) is 5.69 Å². The molecule has 2 aliphatic carbocycles. The van der Waals surface area contributed by atoms with Crippen LogP contribution in [0.15, 0.2) is 18.2 Å². The fourth-order valence-electron chi connectivity index (χ4n) is 3.75. The number of hydrogen-bond acceptors (Lipinski definition) is 1. The molecule has 0 aliphatic heterocycles. The SMILES string of the molecule is Cc1ccc(NC(=O)[C@@H]2C[C@@H]3CC[C@@H]2C3)c(C)c1. The number of rotatable bonds is 2. The predicted octanol–water partition coefficient (Wildman–Crippen LogP) is 3.68. The maximum absolute atomic E-state index is 12.3. The Kier molecular flexibility index (Phi) is 2.89. The lowest BCUT2D eigenvalue weighted by Gasteiger charge is -2.21. The lowest BCUT2D eigenvalue weighted by molar-refractivity contribution is -0.121. The maximum atomic E-state index is 12.3. The zero-order chi connectivity index (χ0) is 12.7. The Morgan fingerprint density at radius 1 is 1.22 bits per heavy atom. The van der Waals surface area contributed by atoms with Crippen LogP contribution >= 0.6 is 0 Å². The van der Waals surface area contributed by atoms with Crippen LogP contribution in [0.25, 0.3) is 0 Å². The average Bonchev–Trinajstić information content (AvgIpc) is 2.94. The van der Waals surface area contributed by atoms with E-state index in [0.29, 0.717) is 5.92 Å². The minimum atomic E-state index is 0.245. The molecule has 18 heavy (non-hydrogen) atoms. The second kappa shape index (κ2) is 4.42. The zero-order valence-corrected chi connectivity index (χ0v) is 11.2. The second-order valence-corrected chi connectivity index (χ2v) is 6.09. The molecule has 1 aromatic rings. The number of nitrogens with one attached hydrogen (secondary N) is 1. The molecule has 0 spiro atoms. The molecule has 96 valence electrons. The van der Waals surface area contributed by atoms with Gasteiger partial charge in [-0.3, -0.25) is 4.79 Å². The molecule has 0 unspecified atom stereocenters. The standard InChI is InChI=1S/C16H21NO/c1-10-3-6-15(11(2)7-10)17-16(18)14-9-12-4-5-13(14)8-12/h3,6-7,12-14H,4-5,8-9H2,1-2H3,(H,17,18)/t12-,13-,14-/m1/s1. The average molecular weight is 243 g/mol. The lowest BCUT2D eigenvalue weighted by atomic mass is 9.88. The molecule has 1 aromatic carbocycles. The summed E-state index contributed by atoms with van der Waals surface area (Å²) in [5.74, 6) is 1.99. The molecule has 0 heterocycles. The van der Waals surface area contributed by atoms with Crippen molar-refractivity contribution in [1.29, 1.82) is 0 Å². The van der Waals surface area contributed by atoms with Crippen LogP contribution in [0.2, 0.25) is 0 Å². The third-order valence-electron chi connectivity index (χ3n) is 4.71. The first kappa shape index (κ1) is 11.8. The van der Waals surface area contributed by atoms with Gasteiger partial charge in [0.25, 0.3) is 0 Å². The van der Waals surface area contributed by atoms with Crippen LogP contribution < -0.4 is 5.32 Å². The Balaban J connectivity index is 1.71. The molecule has 2 fully saturated rings. The number of hydrogen-bond donors (Lipinski definition) is 1. The summed E-state index contributed by atoms with van der Waals surface area (Å²) in [4.78, 5) is 12.3. The lowest BCUT2D eigenvalue weighted by Crippen LogP contribution is -2.27. The highest BCUT2D eigenvalue weighted by Gasteiger charge is 2.43. The van der Waals surface area contributed by atoms with E-state index in [2.05, 4.69) is 31.3 Å². The van der Waals surface area contributed by atoms with E-state index in [-0.39, 0.29) is 11.8 Å². The summed E-state index contributed by atoms with van der Waals surface area (Å²) in [5, 5.41) is 3.13. The van der Waals surface area contributed by atoms with Gasteiger partial charge in [-0.1, -0.05) is 24.1 Å². The summed E-state index contributed by atoms with van der Waals surface area (Å²) in [6.07, 6.45) is 5.00. The Bertz CT molecular complexity index is 480. The topological polar surface area (TPSA) is 29.1 Å². The van der Waals surface area contributed by atoms with Gasteiger partial charge in [0, 0.05) is 11.6 Å². The van der Waals surface area contributed by atoms with Gasteiger partial charge in [0.2, 0.25) is 5.91 Å². The molecule has 2 heteroatoms. The van der Waals surface area contributed by atoms with E-state index in [1.165, 1.54) is 24.8 Å². The van der Waals surface area contributed by atoms with E-state index in [9.17, 15) is 4.79 Å². The van der Waals surface area contributed by atoms with E-state index in [1.54, 1.807) is 0 Å². The highest BCUT2D eigenvalue weighted by Crippen LogP contribution is 2.48. The molecule has 2 bridgehead atoms. The summed E-state index contributed by atoms with van der Waals surface area (Å²) in [6, 6.07) is 6.20. The van der Waals surface area contributed by atoms with Crippen molar-refractivity contribution in [3.05, 3.63) is 29.3 Å². The molecule has 3 atom stereocenters. The van der Waals surface area contributed by atoms with Gasteiger partial charge in [0.15, 0.2) is 0 Å². The van der Waals surface area contributed by atoms with Crippen molar-refractivity contribution in [3.8, 4) is 0 Å². The van der Waals surface area contributed by atoms with Gasteiger partial charge in [0.05, 0.1) is 0 Å². The zero-order valence-electron chi connectivity index (χ0n) is 11.2. The van der Waals surface area contributed by atoms with Crippen LogP contribution in [0.3, 0.4) is 0 Å². The third-order valence-corrected chi connectivity index (χ3v) is 4.71. The Morgan fingerprint density at radius 2 is 2.06 bits per heavy atom. The molecule has 0 saturated heterocycles. The maximum Gasteiger partial charge on any atom is 0.227 e. The molecule has 0 radical (unpaired) electrons. The molecule has 1 amide bonds. The van der Waals surface area contributed by atoms with E-state index in [1.807, 2.05) is 6.07 Å². The number of benzene rings is 1. The summed E-state index contributed by atoms with van der Waals surface area (Å²) < 4.78 is 0. The first-order valence-electron chi connectivity index (χ1n) is 7.01. The van der Waals surface area contributed by atoms with Crippen molar-refractivity contribution in [2.75, 3.05) is 5.32 Å². The number of aryl methyl sites for hydroxylation is 2. The molecular weight excluding hydrogens is 222 g/mol. The highest BCUT2D eigenvalue weighted by molar-refractivity contribution is 5.93. The number of amides is 1. The number of carbonyl (C=O) groups excluding carboxylic acids is 1. The van der Waals surface area contributed by atoms with Gasteiger partial charge >= 0.3 is 0 Å². The van der Waals surface area contributed by atoms with Gasteiger partial charge in [-0.05, 0) is 56.6 Å². The fraction of sp³-hybridized carbons (Fsp3) is 0.562. The molecule has 1 N–H and O–H groups in total. The molecule has 2 saturated carbocycles. The van der Waals surface area contributed by atoms with Crippen molar-refractivity contribution in [2.45, 2.75) is 39.5 Å². The van der Waals surface area contributed by atoms with Gasteiger partial charge < -0.3 is 5.32 Å².